The summed E-state index contributed by atoms with van der Waals surface area (Å²) < 4.78 is 14.7. The van der Waals surface area contributed by atoms with Crippen LogP contribution in [0.25, 0.3) is 0 Å². The van der Waals surface area contributed by atoms with Gasteiger partial charge in [-0.2, -0.15) is 0 Å². The van der Waals surface area contributed by atoms with Crippen molar-refractivity contribution in [3.05, 3.63) is 34.1 Å². The molecule has 1 aliphatic heterocycles. The fraction of sp³-hybridized carbons (Fsp3) is 0.476. The van der Waals surface area contributed by atoms with Gasteiger partial charge in [0, 0.05) is 23.2 Å². The Morgan fingerprint density at radius 3 is 2.07 bits per heavy atom. The van der Waals surface area contributed by atoms with Crippen LogP contribution in [0.3, 0.4) is 0 Å². The molecular formula is C21H25ClFN3O3. The van der Waals surface area contributed by atoms with E-state index in [0.29, 0.717) is 24.0 Å². The largest absolute Gasteiger partial charge is 0.322 e. The molecular weight excluding hydrogens is 397 g/mol. The molecule has 0 spiro atoms. The Balaban J connectivity index is 1.94. The first-order chi connectivity index (χ1) is 13.6. The molecule has 3 rings (SSSR count). The van der Waals surface area contributed by atoms with Gasteiger partial charge in [-0.25, -0.2) is 14.1 Å². The van der Waals surface area contributed by atoms with E-state index in [0.717, 1.165) is 23.8 Å². The van der Waals surface area contributed by atoms with Crippen LogP contribution in [0.2, 0.25) is 5.02 Å². The molecule has 0 atom stereocenters. The van der Waals surface area contributed by atoms with E-state index in [1.807, 2.05) is 27.7 Å². The zero-order valence-corrected chi connectivity index (χ0v) is 17.8. The van der Waals surface area contributed by atoms with Gasteiger partial charge in [0.2, 0.25) is 0 Å². The summed E-state index contributed by atoms with van der Waals surface area (Å²) in [5.74, 6) is -1.78. The van der Waals surface area contributed by atoms with Crippen LogP contribution in [0.15, 0.2) is 23.3 Å². The van der Waals surface area contributed by atoms with Crippen LogP contribution in [-0.2, 0) is 9.59 Å². The predicted octanol–water partition coefficient (Wildman–Crippen LogP) is 4.87. The number of hydrogen-bond donors (Lipinski definition) is 1. The maximum Gasteiger partial charge on any atom is 0.322 e. The molecule has 29 heavy (non-hydrogen) atoms. The van der Waals surface area contributed by atoms with Crippen LogP contribution in [0.4, 0.5) is 20.6 Å². The number of carbonyl (C=O) groups is 3. The van der Waals surface area contributed by atoms with E-state index in [2.05, 4.69) is 5.32 Å². The highest BCUT2D eigenvalue weighted by Crippen LogP contribution is 2.39. The summed E-state index contributed by atoms with van der Waals surface area (Å²) in [5, 5.41) is 2.67. The Morgan fingerprint density at radius 2 is 1.59 bits per heavy atom. The molecule has 0 fully saturated rings. The molecule has 2 aliphatic rings. The monoisotopic (exact) mass is 421 g/mol. The minimum absolute atomic E-state index is 0.0103. The van der Waals surface area contributed by atoms with Crippen molar-refractivity contribution in [3.8, 4) is 0 Å². The average Bonchev–Trinajstić information content (AvgIpc) is 2.88. The highest BCUT2D eigenvalue weighted by Gasteiger charge is 2.41. The first kappa shape index (κ1) is 21.3. The second-order valence-corrected chi connectivity index (χ2v) is 8.33. The number of rotatable bonds is 4. The molecule has 6 nitrogen and oxygen atoms in total. The van der Waals surface area contributed by atoms with E-state index < -0.39 is 23.7 Å². The summed E-state index contributed by atoms with van der Waals surface area (Å²) >= 11 is 6.14. The van der Waals surface area contributed by atoms with Crippen molar-refractivity contribution < 1.29 is 18.8 Å². The minimum Gasteiger partial charge on any atom is -0.320 e. The second-order valence-electron chi connectivity index (χ2n) is 7.92. The lowest BCUT2D eigenvalue weighted by Gasteiger charge is -2.31. The first-order valence-corrected chi connectivity index (χ1v) is 10.2. The van der Waals surface area contributed by atoms with Crippen LogP contribution in [0, 0.1) is 5.82 Å². The van der Waals surface area contributed by atoms with Gasteiger partial charge in [0.25, 0.3) is 11.8 Å². The number of urea groups is 1. The Hall–Kier alpha value is -2.41. The number of nitrogens with one attached hydrogen (secondary N) is 1. The molecule has 8 heteroatoms. The molecule has 0 radical (unpaired) electrons. The lowest BCUT2D eigenvalue weighted by Crippen LogP contribution is -2.44. The lowest BCUT2D eigenvalue weighted by molar-refractivity contribution is -0.120. The normalized spacial score (nSPS) is 16.8. The number of imide groups is 1. The molecule has 1 aromatic carbocycles. The Morgan fingerprint density at radius 1 is 1.07 bits per heavy atom. The summed E-state index contributed by atoms with van der Waals surface area (Å²) in [6.07, 6.45) is 2.70. The second kappa shape index (κ2) is 8.14. The van der Waals surface area contributed by atoms with Crippen molar-refractivity contribution in [2.75, 3.05) is 10.2 Å². The highest BCUT2D eigenvalue weighted by atomic mass is 35.5. The number of anilines is 2. The standard InChI is InChI=1S/C21H25ClFN3O3/c1-11(2)25(12(3)4)21(29)24-17-10-18(16(23)9-15(17)22)26-19(27)13-7-5-6-8-14(13)20(26)28/h9-12H,5-8H2,1-4H3,(H,24,29). The number of carbonyl (C=O) groups excluding carboxylic acids is 3. The molecule has 1 N–H and O–H groups in total. The molecule has 0 aromatic heterocycles. The molecule has 1 aliphatic carbocycles. The van der Waals surface area contributed by atoms with Gasteiger partial charge in [-0.3, -0.25) is 9.59 Å². The number of hydrogen-bond acceptors (Lipinski definition) is 3. The molecule has 0 saturated carbocycles. The summed E-state index contributed by atoms with van der Waals surface area (Å²) in [7, 11) is 0. The van der Waals surface area contributed by atoms with Crippen molar-refractivity contribution in [3.63, 3.8) is 0 Å². The quantitative estimate of drug-likeness (QED) is 0.705. The van der Waals surface area contributed by atoms with Gasteiger partial charge < -0.3 is 10.2 Å². The highest BCUT2D eigenvalue weighted by molar-refractivity contribution is 6.35. The zero-order chi connectivity index (χ0) is 21.5. The maximum absolute atomic E-state index is 14.7. The van der Waals surface area contributed by atoms with Crippen LogP contribution in [0.5, 0.6) is 0 Å². The van der Waals surface area contributed by atoms with Crippen LogP contribution in [-0.4, -0.2) is 34.8 Å². The Labute approximate surface area is 174 Å². The number of benzene rings is 1. The van der Waals surface area contributed by atoms with E-state index in [-0.39, 0.29) is 28.5 Å². The van der Waals surface area contributed by atoms with E-state index >= 15 is 0 Å². The van der Waals surface area contributed by atoms with Crippen LogP contribution >= 0.6 is 11.6 Å². The van der Waals surface area contributed by atoms with Gasteiger partial charge in [0.1, 0.15) is 5.82 Å². The predicted molar refractivity (Wildman–Crippen MR) is 111 cm³/mol. The van der Waals surface area contributed by atoms with Gasteiger partial charge in [0.05, 0.1) is 16.4 Å². The topological polar surface area (TPSA) is 69.7 Å². The third-order valence-electron chi connectivity index (χ3n) is 5.26. The summed E-state index contributed by atoms with van der Waals surface area (Å²) in [4.78, 5) is 40.7. The fourth-order valence-electron chi connectivity index (χ4n) is 4.01. The molecule has 0 bridgehead atoms. The van der Waals surface area contributed by atoms with E-state index in [4.69, 9.17) is 11.6 Å². The summed E-state index contributed by atoms with van der Waals surface area (Å²) in [6, 6.07) is 1.74. The Bertz CT molecular complexity index is 875. The molecule has 4 amide bonds. The summed E-state index contributed by atoms with van der Waals surface area (Å²) in [6.45, 7) is 7.54. The minimum atomic E-state index is -0.792. The van der Waals surface area contributed by atoms with Crippen molar-refractivity contribution >= 4 is 40.8 Å². The number of amides is 4. The average molecular weight is 422 g/mol. The van der Waals surface area contributed by atoms with Gasteiger partial charge in [-0.05, 0) is 65.5 Å². The Kier molecular flexibility index (Phi) is 5.98. The fourth-order valence-corrected chi connectivity index (χ4v) is 4.21. The van der Waals surface area contributed by atoms with E-state index in [1.54, 1.807) is 4.90 Å². The van der Waals surface area contributed by atoms with Crippen molar-refractivity contribution in [1.29, 1.82) is 0 Å². The zero-order valence-electron chi connectivity index (χ0n) is 17.0. The maximum atomic E-state index is 14.7. The summed E-state index contributed by atoms with van der Waals surface area (Å²) in [5.41, 5.74) is 0.874. The van der Waals surface area contributed by atoms with E-state index in [9.17, 15) is 18.8 Å². The van der Waals surface area contributed by atoms with Crippen molar-refractivity contribution in [1.82, 2.24) is 4.90 Å². The van der Waals surface area contributed by atoms with Crippen molar-refractivity contribution in [2.24, 2.45) is 0 Å². The van der Waals surface area contributed by atoms with Gasteiger partial charge in [-0.15, -0.1) is 0 Å². The SMILES string of the molecule is CC(C)N(C(=O)Nc1cc(N2C(=O)C3=C(CCCC3)C2=O)c(F)cc1Cl)C(C)C. The van der Waals surface area contributed by atoms with Crippen LogP contribution < -0.4 is 10.2 Å². The first-order valence-electron chi connectivity index (χ1n) is 9.82. The molecule has 1 heterocycles. The third kappa shape index (κ3) is 3.88. The molecule has 1 aromatic rings. The molecule has 0 unspecified atom stereocenters. The van der Waals surface area contributed by atoms with Gasteiger partial charge in [0.15, 0.2) is 0 Å². The number of halogens is 2. The van der Waals surface area contributed by atoms with Gasteiger partial charge in [-0.1, -0.05) is 11.6 Å². The molecule has 156 valence electrons. The third-order valence-corrected chi connectivity index (χ3v) is 5.57. The smallest absolute Gasteiger partial charge is 0.320 e. The van der Waals surface area contributed by atoms with Gasteiger partial charge >= 0.3 is 6.03 Å². The van der Waals surface area contributed by atoms with Crippen LogP contribution in [0.1, 0.15) is 53.4 Å². The molecule has 0 saturated heterocycles. The van der Waals surface area contributed by atoms with E-state index in [1.165, 1.54) is 6.07 Å². The van der Waals surface area contributed by atoms with Crippen molar-refractivity contribution in [2.45, 2.75) is 65.5 Å². The number of nitrogens with zero attached hydrogens (tertiary/aromatic N) is 2. The lowest BCUT2D eigenvalue weighted by atomic mass is 9.93.